The average molecular weight is 275 g/mol. The number of sulfone groups is 1. The van der Waals surface area contributed by atoms with Gasteiger partial charge in [0.05, 0.1) is 16.2 Å². The highest BCUT2D eigenvalue weighted by atomic mass is 32.2. The number of hydrogen-bond acceptors (Lipinski definition) is 4. The minimum absolute atomic E-state index is 0.0957. The normalized spacial score (nSPS) is 12.4. The number of nitrogen functional groups attached to an aromatic ring is 1. The van der Waals surface area contributed by atoms with Gasteiger partial charge in [0, 0.05) is 0 Å². The van der Waals surface area contributed by atoms with Crippen molar-refractivity contribution in [1.29, 1.82) is 0 Å². The molecule has 18 heavy (non-hydrogen) atoms. The van der Waals surface area contributed by atoms with E-state index in [4.69, 9.17) is 10.5 Å². The molecule has 2 N–H and O–H groups in total. The van der Waals surface area contributed by atoms with E-state index < -0.39 is 20.4 Å². The van der Waals surface area contributed by atoms with E-state index in [1.165, 1.54) is 18.2 Å². The molecule has 0 atom stereocenters. The quantitative estimate of drug-likeness (QED) is 0.853. The summed E-state index contributed by atoms with van der Waals surface area (Å²) >= 11 is 0. The lowest BCUT2D eigenvalue weighted by atomic mass is 10.3. The van der Waals surface area contributed by atoms with Crippen molar-refractivity contribution in [3.05, 3.63) is 24.0 Å². The van der Waals surface area contributed by atoms with Gasteiger partial charge in [-0.2, -0.15) is 0 Å². The zero-order valence-electron chi connectivity index (χ0n) is 10.7. The van der Waals surface area contributed by atoms with Crippen molar-refractivity contribution in [2.75, 3.05) is 18.1 Å². The largest absolute Gasteiger partial charge is 0.487 e. The van der Waals surface area contributed by atoms with Crippen molar-refractivity contribution in [1.82, 2.24) is 0 Å². The highest BCUT2D eigenvalue weighted by molar-refractivity contribution is 7.92. The van der Waals surface area contributed by atoms with Crippen LogP contribution in [0.25, 0.3) is 0 Å². The third kappa shape index (κ3) is 3.35. The molecule has 0 spiro atoms. The molecule has 0 radical (unpaired) electrons. The SMILES string of the molecule is CC(C)(C)S(=O)(=O)CCOc1c(N)cccc1F. The van der Waals surface area contributed by atoms with Gasteiger partial charge in [-0.05, 0) is 32.9 Å². The minimum Gasteiger partial charge on any atom is -0.487 e. The highest BCUT2D eigenvalue weighted by Gasteiger charge is 2.28. The smallest absolute Gasteiger partial charge is 0.177 e. The van der Waals surface area contributed by atoms with Crippen molar-refractivity contribution in [2.24, 2.45) is 0 Å². The molecule has 0 amide bonds. The molecule has 6 heteroatoms. The van der Waals surface area contributed by atoms with Crippen molar-refractivity contribution >= 4 is 15.5 Å². The molecular weight excluding hydrogens is 257 g/mol. The molecular formula is C12H18FNO3S. The number of ether oxygens (including phenoxy) is 1. The van der Waals surface area contributed by atoms with Gasteiger partial charge in [0.25, 0.3) is 0 Å². The topological polar surface area (TPSA) is 69.4 Å². The second-order valence-corrected chi connectivity index (χ2v) is 7.80. The Morgan fingerprint density at radius 2 is 1.94 bits per heavy atom. The summed E-state index contributed by atoms with van der Waals surface area (Å²) in [6.07, 6.45) is 0. The minimum atomic E-state index is -3.28. The molecule has 0 saturated heterocycles. The van der Waals surface area contributed by atoms with Gasteiger partial charge >= 0.3 is 0 Å². The van der Waals surface area contributed by atoms with Crippen molar-refractivity contribution in [3.8, 4) is 5.75 Å². The summed E-state index contributed by atoms with van der Waals surface area (Å²) in [6.45, 7) is 4.71. The van der Waals surface area contributed by atoms with Crippen LogP contribution in [0.4, 0.5) is 10.1 Å². The number of benzene rings is 1. The molecule has 0 aliphatic carbocycles. The monoisotopic (exact) mass is 275 g/mol. The van der Waals surface area contributed by atoms with Gasteiger partial charge in [-0.15, -0.1) is 0 Å². The predicted molar refractivity (Wildman–Crippen MR) is 69.8 cm³/mol. The average Bonchev–Trinajstić information content (AvgIpc) is 2.20. The fraction of sp³-hybridized carbons (Fsp3) is 0.500. The van der Waals surface area contributed by atoms with E-state index in [1.54, 1.807) is 20.8 Å². The molecule has 0 aliphatic heterocycles. The number of rotatable bonds is 4. The van der Waals surface area contributed by atoms with Crippen molar-refractivity contribution in [2.45, 2.75) is 25.5 Å². The summed E-state index contributed by atoms with van der Waals surface area (Å²) in [6, 6.07) is 4.17. The number of anilines is 1. The van der Waals surface area contributed by atoms with Crippen LogP contribution in [0.3, 0.4) is 0 Å². The molecule has 4 nitrogen and oxygen atoms in total. The summed E-state index contributed by atoms with van der Waals surface area (Å²) in [7, 11) is -3.28. The maximum atomic E-state index is 13.3. The van der Waals surface area contributed by atoms with Crippen molar-refractivity contribution in [3.63, 3.8) is 0 Å². The first kappa shape index (κ1) is 14.8. The molecule has 102 valence electrons. The Hall–Kier alpha value is -1.30. The third-order valence-electron chi connectivity index (χ3n) is 2.53. The van der Waals surface area contributed by atoms with E-state index in [-0.39, 0.29) is 23.8 Å². The van der Waals surface area contributed by atoms with Crippen LogP contribution in [0.2, 0.25) is 0 Å². The van der Waals surface area contributed by atoms with Crippen LogP contribution in [-0.2, 0) is 9.84 Å². The fourth-order valence-electron chi connectivity index (χ4n) is 1.24. The summed E-state index contributed by atoms with van der Waals surface area (Å²) in [5, 5.41) is 0. The van der Waals surface area contributed by atoms with E-state index in [2.05, 4.69) is 0 Å². The Balaban J connectivity index is 2.69. The Morgan fingerprint density at radius 1 is 1.33 bits per heavy atom. The van der Waals surface area contributed by atoms with Crippen LogP contribution in [0.5, 0.6) is 5.75 Å². The van der Waals surface area contributed by atoms with Gasteiger partial charge in [-0.3, -0.25) is 0 Å². The van der Waals surface area contributed by atoms with Crippen LogP contribution in [-0.4, -0.2) is 25.5 Å². The highest BCUT2D eigenvalue weighted by Crippen LogP contribution is 2.25. The first-order valence-corrected chi connectivity index (χ1v) is 7.19. The number of nitrogens with two attached hydrogens (primary N) is 1. The van der Waals surface area contributed by atoms with Gasteiger partial charge in [0.15, 0.2) is 21.4 Å². The van der Waals surface area contributed by atoms with E-state index >= 15 is 0 Å². The fourth-order valence-corrected chi connectivity index (χ4v) is 2.15. The lowest BCUT2D eigenvalue weighted by molar-refractivity contribution is 0.323. The molecule has 1 aromatic carbocycles. The van der Waals surface area contributed by atoms with Gasteiger partial charge in [-0.25, -0.2) is 12.8 Å². The second kappa shape index (κ2) is 5.14. The van der Waals surface area contributed by atoms with Gasteiger partial charge in [0.2, 0.25) is 0 Å². The van der Waals surface area contributed by atoms with Gasteiger partial charge < -0.3 is 10.5 Å². The molecule has 0 aliphatic rings. The van der Waals surface area contributed by atoms with E-state index in [0.717, 1.165) is 0 Å². The number of halogens is 1. The molecule has 1 aromatic rings. The van der Waals surface area contributed by atoms with E-state index in [9.17, 15) is 12.8 Å². The Labute approximate surface area is 107 Å². The summed E-state index contributed by atoms with van der Waals surface area (Å²) < 4.78 is 41.2. The van der Waals surface area contributed by atoms with Gasteiger partial charge in [0.1, 0.15) is 6.61 Å². The lowest BCUT2D eigenvalue weighted by Crippen LogP contribution is -2.32. The molecule has 1 rings (SSSR count). The Kier molecular flexibility index (Phi) is 4.21. The molecule has 0 fully saturated rings. The summed E-state index contributed by atoms with van der Waals surface area (Å²) in [5.74, 6) is -0.866. The maximum Gasteiger partial charge on any atom is 0.177 e. The number of hydrogen-bond donors (Lipinski definition) is 1. The van der Waals surface area contributed by atoms with Crippen LogP contribution >= 0.6 is 0 Å². The van der Waals surface area contributed by atoms with Crippen LogP contribution in [0.1, 0.15) is 20.8 Å². The van der Waals surface area contributed by atoms with Gasteiger partial charge in [-0.1, -0.05) is 6.07 Å². The zero-order valence-corrected chi connectivity index (χ0v) is 11.6. The molecule has 0 unspecified atom stereocenters. The molecule has 0 saturated carbocycles. The van der Waals surface area contributed by atoms with E-state index in [0.29, 0.717) is 0 Å². The third-order valence-corrected chi connectivity index (χ3v) is 5.10. The Bertz CT molecular complexity index is 500. The van der Waals surface area contributed by atoms with Crippen LogP contribution < -0.4 is 10.5 Å². The first-order valence-electron chi connectivity index (χ1n) is 5.54. The maximum absolute atomic E-state index is 13.3. The van der Waals surface area contributed by atoms with E-state index in [1.807, 2.05) is 0 Å². The molecule has 0 heterocycles. The molecule has 0 aromatic heterocycles. The van der Waals surface area contributed by atoms with Crippen LogP contribution in [0, 0.1) is 5.82 Å². The predicted octanol–water partition coefficient (Wildman–Crippen LogP) is 2.00. The summed E-state index contributed by atoms with van der Waals surface area (Å²) in [5.41, 5.74) is 5.70. The standard InChI is InChI=1S/C12H18FNO3S/c1-12(2,3)18(15,16)8-7-17-11-9(13)5-4-6-10(11)14/h4-6H,7-8,14H2,1-3H3. The van der Waals surface area contributed by atoms with Crippen molar-refractivity contribution < 1.29 is 17.5 Å². The first-order chi connectivity index (χ1) is 8.15. The summed E-state index contributed by atoms with van der Waals surface area (Å²) in [4.78, 5) is 0. The zero-order chi connectivity index (χ0) is 14.0. The molecule has 0 bridgehead atoms. The second-order valence-electron chi connectivity index (χ2n) is 4.94. The lowest BCUT2D eigenvalue weighted by Gasteiger charge is -2.19. The van der Waals surface area contributed by atoms with Crippen LogP contribution in [0.15, 0.2) is 18.2 Å². The number of para-hydroxylation sites is 1. The Morgan fingerprint density at radius 3 is 2.44 bits per heavy atom.